The predicted molar refractivity (Wildman–Crippen MR) is 70.9 cm³/mol. The minimum Gasteiger partial charge on any atom is -0.325 e. The summed E-state index contributed by atoms with van der Waals surface area (Å²) in [6, 6.07) is 7.31. The Kier molecular flexibility index (Phi) is 4.57. The number of carbonyl (C=O) groups excluding carboxylic acids is 1. The van der Waals surface area contributed by atoms with E-state index in [1.165, 1.54) is 6.33 Å². The monoisotopic (exact) mass is 260 g/mol. The third-order valence-electron chi connectivity index (χ3n) is 2.48. The van der Waals surface area contributed by atoms with Gasteiger partial charge < -0.3 is 10.6 Å². The number of hydrogen-bond acceptors (Lipinski definition) is 5. The topological polar surface area (TPSA) is 84.7 Å². The Morgan fingerprint density at radius 3 is 2.74 bits per heavy atom. The molecule has 0 unspecified atom stereocenters. The molecule has 0 aliphatic heterocycles. The summed E-state index contributed by atoms with van der Waals surface area (Å²) < 4.78 is 1.55. The number of carbonyl (C=O) groups is 1. The molecule has 100 valence electrons. The summed E-state index contributed by atoms with van der Waals surface area (Å²) in [6.45, 7) is 3.22. The fourth-order valence-corrected chi connectivity index (χ4v) is 1.56. The van der Waals surface area contributed by atoms with E-state index in [-0.39, 0.29) is 5.91 Å². The van der Waals surface area contributed by atoms with Gasteiger partial charge in [0.2, 0.25) is 5.91 Å². The number of amides is 1. The lowest BCUT2D eigenvalue weighted by Crippen LogP contribution is -2.28. The summed E-state index contributed by atoms with van der Waals surface area (Å²) in [5.41, 5.74) is 1.59. The number of benzene rings is 1. The molecule has 19 heavy (non-hydrogen) atoms. The van der Waals surface area contributed by atoms with Crippen molar-refractivity contribution in [3.8, 4) is 5.69 Å². The Morgan fingerprint density at radius 1 is 1.32 bits per heavy atom. The number of rotatable bonds is 6. The molecule has 7 heteroatoms. The Bertz CT molecular complexity index is 508. The van der Waals surface area contributed by atoms with E-state index in [1.807, 2.05) is 24.3 Å². The van der Waals surface area contributed by atoms with Gasteiger partial charge in [-0.1, -0.05) is 6.92 Å². The van der Waals surface area contributed by atoms with Crippen LogP contribution < -0.4 is 10.6 Å². The quantitative estimate of drug-likeness (QED) is 0.743. The Morgan fingerprint density at radius 2 is 2.11 bits per heavy atom. The normalized spacial score (nSPS) is 10.4. The van der Waals surface area contributed by atoms with Crippen LogP contribution in [0.2, 0.25) is 0 Å². The molecule has 0 atom stereocenters. The van der Waals surface area contributed by atoms with Gasteiger partial charge in [0, 0.05) is 5.69 Å². The van der Waals surface area contributed by atoms with E-state index >= 15 is 0 Å². The molecule has 0 spiro atoms. The Hall–Kier alpha value is -2.28. The molecule has 2 rings (SSSR count). The first kappa shape index (κ1) is 13.2. The first-order valence-electron chi connectivity index (χ1n) is 6.13. The van der Waals surface area contributed by atoms with Gasteiger partial charge in [-0.3, -0.25) is 4.79 Å². The Labute approximate surface area is 111 Å². The van der Waals surface area contributed by atoms with Gasteiger partial charge in [-0.2, -0.15) is 0 Å². The zero-order valence-electron chi connectivity index (χ0n) is 10.7. The lowest BCUT2D eigenvalue weighted by Gasteiger charge is -2.06. The van der Waals surface area contributed by atoms with Crippen LogP contribution in [0.1, 0.15) is 13.3 Å². The molecule has 1 amide bonds. The van der Waals surface area contributed by atoms with Crippen LogP contribution in [-0.4, -0.2) is 39.2 Å². The number of anilines is 1. The fourth-order valence-electron chi connectivity index (χ4n) is 1.56. The molecule has 0 aliphatic rings. The van der Waals surface area contributed by atoms with E-state index in [2.05, 4.69) is 33.1 Å². The largest absolute Gasteiger partial charge is 0.325 e. The third-order valence-corrected chi connectivity index (χ3v) is 2.48. The zero-order valence-corrected chi connectivity index (χ0v) is 10.7. The van der Waals surface area contributed by atoms with Crippen molar-refractivity contribution >= 4 is 11.6 Å². The number of nitrogens with zero attached hydrogens (tertiary/aromatic N) is 4. The third kappa shape index (κ3) is 3.85. The van der Waals surface area contributed by atoms with Crippen molar-refractivity contribution in [2.24, 2.45) is 0 Å². The molecule has 0 saturated heterocycles. The number of aromatic nitrogens is 4. The molecule has 0 bridgehead atoms. The Balaban J connectivity index is 1.90. The van der Waals surface area contributed by atoms with Crippen LogP contribution in [0.15, 0.2) is 30.6 Å². The maximum atomic E-state index is 11.6. The van der Waals surface area contributed by atoms with E-state index in [9.17, 15) is 4.79 Å². The van der Waals surface area contributed by atoms with E-state index in [0.717, 1.165) is 24.3 Å². The highest BCUT2D eigenvalue weighted by Crippen LogP contribution is 2.11. The summed E-state index contributed by atoms with van der Waals surface area (Å²) in [5, 5.41) is 16.8. The van der Waals surface area contributed by atoms with Crippen molar-refractivity contribution in [2.75, 3.05) is 18.4 Å². The van der Waals surface area contributed by atoms with Crippen LogP contribution in [0.25, 0.3) is 5.69 Å². The molecule has 2 N–H and O–H groups in total. The van der Waals surface area contributed by atoms with Crippen molar-refractivity contribution in [1.82, 2.24) is 25.5 Å². The van der Waals surface area contributed by atoms with E-state index in [1.54, 1.807) is 4.68 Å². The standard InChI is InChI=1S/C12H16N6O/c1-2-7-13-8-12(19)15-10-3-5-11(6-4-10)18-9-14-16-17-18/h3-6,9,13H,2,7-8H2,1H3,(H,15,19). The molecule has 1 aromatic carbocycles. The van der Waals surface area contributed by atoms with E-state index in [4.69, 9.17) is 0 Å². The van der Waals surface area contributed by atoms with Crippen LogP contribution in [0.5, 0.6) is 0 Å². The first-order chi connectivity index (χ1) is 9.29. The van der Waals surface area contributed by atoms with Crippen LogP contribution in [0.4, 0.5) is 5.69 Å². The highest BCUT2D eigenvalue weighted by molar-refractivity contribution is 5.92. The molecular weight excluding hydrogens is 244 g/mol. The summed E-state index contributed by atoms with van der Waals surface area (Å²) >= 11 is 0. The number of nitrogens with one attached hydrogen (secondary N) is 2. The molecular formula is C12H16N6O. The predicted octanol–water partition coefficient (Wildman–Crippen LogP) is 0.600. The summed E-state index contributed by atoms with van der Waals surface area (Å²) in [6.07, 6.45) is 2.52. The van der Waals surface area contributed by atoms with Crippen molar-refractivity contribution < 1.29 is 4.79 Å². The van der Waals surface area contributed by atoms with Crippen LogP contribution in [0, 0.1) is 0 Å². The SMILES string of the molecule is CCCNCC(=O)Nc1ccc(-n2cnnn2)cc1. The van der Waals surface area contributed by atoms with Gasteiger partial charge in [0.05, 0.1) is 12.2 Å². The molecule has 0 saturated carbocycles. The molecule has 7 nitrogen and oxygen atoms in total. The average Bonchev–Trinajstić information content (AvgIpc) is 2.94. The van der Waals surface area contributed by atoms with Crippen molar-refractivity contribution in [3.63, 3.8) is 0 Å². The second kappa shape index (κ2) is 6.60. The average molecular weight is 260 g/mol. The van der Waals surface area contributed by atoms with Crippen LogP contribution >= 0.6 is 0 Å². The van der Waals surface area contributed by atoms with Crippen LogP contribution in [-0.2, 0) is 4.79 Å². The van der Waals surface area contributed by atoms with Gasteiger partial charge >= 0.3 is 0 Å². The summed E-state index contributed by atoms with van der Waals surface area (Å²) in [7, 11) is 0. The van der Waals surface area contributed by atoms with Crippen molar-refractivity contribution in [3.05, 3.63) is 30.6 Å². The smallest absolute Gasteiger partial charge is 0.238 e. The molecule has 2 aromatic rings. The van der Waals surface area contributed by atoms with Gasteiger partial charge in [0.1, 0.15) is 6.33 Å². The maximum Gasteiger partial charge on any atom is 0.238 e. The minimum atomic E-state index is -0.0522. The second-order valence-corrected chi connectivity index (χ2v) is 4.03. The van der Waals surface area contributed by atoms with Crippen molar-refractivity contribution in [1.29, 1.82) is 0 Å². The van der Waals surface area contributed by atoms with Gasteiger partial charge in [-0.15, -0.1) is 5.10 Å². The molecule has 0 fully saturated rings. The highest BCUT2D eigenvalue weighted by atomic mass is 16.1. The lowest BCUT2D eigenvalue weighted by molar-refractivity contribution is -0.115. The van der Waals surface area contributed by atoms with E-state index < -0.39 is 0 Å². The van der Waals surface area contributed by atoms with Gasteiger partial charge in [-0.05, 0) is 47.7 Å². The number of hydrogen-bond donors (Lipinski definition) is 2. The summed E-state index contributed by atoms with van der Waals surface area (Å²) in [5.74, 6) is -0.0522. The van der Waals surface area contributed by atoms with Gasteiger partial charge in [-0.25, -0.2) is 4.68 Å². The lowest BCUT2D eigenvalue weighted by atomic mass is 10.3. The summed E-state index contributed by atoms with van der Waals surface area (Å²) in [4.78, 5) is 11.6. The van der Waals surface area contributed by atoms with Crippen molar-refractivity contribution in [2.45, 2.75) is 13.3 Å². The molecule has 0 radical (unpaired) electrons. The van der Waals surface area contributed by atoms with E-state index in [0.29, 0.717) is 6.54 Å². The molecule has 0 aliphatic carbocycles. The van der Waals surface area contributed by atoms with Gasteiger partial charge in [0.15, 0.2) is 0 Å². The maximum absolute atomic E-state index is 11.6. The highest BCUT2D eigenvalue weighted by Gasteiger charge is 2.02. The molecule has 1 heterocycles. The van der Waals surface area contributed by atoms with Gasteiger partial charge in [0.25, 0.3) is 0 Å². The second-order valence-electron chi connectivity index (χ2n) is 4.03. The fraction of sp³-hybridized carbons (Fsp3) is 0.333. The van der Waals surface area contributed by atoms with Crippen LogP contribution in [0.3, 0.4) is 0 Å². The number of tetrazole rings is 1. The first-order valence-corrected chi connectivity index (χ1v) is 6.13. The minimum absolute atomic E-state index is 0.0522. The zero-order chi connectivity index (χ0) is 13.5. The molecule has 1 aromatic heterocycles.